The van der Waals surface area contributed by atoms with Crippen molar-refractivity contribution < 1.29 is 27.1 Å². The summed E-state index contributed by atoms with van der Waals surface area (Å²) < 4.78 is 54.7. The molecule has 0 saturated heterocycles. The third kappa shape index (κ3) is 4.68. The summed E-state index contributed by atoms with van der Waals surface area (Å²) in [4.78, 5) is 10.9. The van der Waals surface area contributed by atoms with E-state index in [1.165, 1.54) is 0 Å². The summed E-state index contributed by atoms with van der Waals surface area (Å²) in [5, 5.41) is 0. The predicted molar refractivity (Wildman–Crippen MR) is 62.2 cm³/mol. The van der Waals surface area contributed by atoms with Gasteiger partial charge >= 0.3 is 12.1 Å². The second-order valence-electron chi connectivity index (χ2n) is 3.62. The van der Waals surface area contributed by atoms with Crippen LogP contribution in [0.15, 0.2) is 18.2 Å². The summed E-state index contributed by atoms with van der Waals surface area (Å²) in [6.45, 7) is 0. The normalized spacial score (nSPS) is 12.5. The van der Waals surface area contributed by atoms with Gasteiger partial charge in [-0.05, 0) is 12.1 Å². The van der Waals surface area contributed by atoms with Crippen LogP contribution in [0.5, 0.6) is 0 Å². The Hall–Kier alpha value is -1.34. The predicted octanol–water partition coefficient (Wildman–Crippen LogP) is 2.83. The topological polar surface area (TPSA) is 52.3 Å². The van der Waals surface area contributed by atoms with Crippen molar-refractivity contribution in [2.24, 2.45) is 5.73 Å². The minimum Gasteiger partial charge on any atom is -0.469 e. The fraction of sp³-hybridized carbons (Fsp3) is 0.364. The fourth-order valence-electron chi connectivity index (χ4n) is 1.38. The first-order chi connectivity index (χ1) is 8.25. The van der Waals surface area contributed by atoms with Crippen LogP contribution in [0.2, 0.25) is 0 Å². The number of carbonyl (C=O) groups is 1. The van der Waals surface area contributed by atoms with E-state index in [9.17, 15) is 22.4 Å². The molecule has 0 heterocycles. The van der Waals surface area contributed by atoms with Gasteiger partial charge in [0.15, 0.2) is 0 Å². The van der Waals surface area contributed by atoms with Gasteiger partial charge < -0.3 is 10.5 Å². The number of halogens is 5. The molecular weight excluding hydrogens is 290 g/mol. The number of nitrogens with two attached hydrogens (primary N) is 1. The summed E-state index contributed by atoms with van der Waals surface area (Å²) in [7, 11) is 1.14. The second-order valence-corrected chi connectivity index (χ2v) is 3.62. The lowest BCUT2D eigenvalue weighted by Crippen LogP contribution is -2.18. The number of rotatable bonds is 3. The number of benzene rings is 1. The van der Waals surface area contributed by atoms with Gasteiger partial charge in [-0.1, -0.05) is 6.07 Å². The Morgan fingerprint density at radius 3 is 2.42 bits per heavy atom. The van der Waals surface area contributed by atoms with E-state index in [-0.39, 0.29) is 24.4 Å². The third-order valence-electron chi connectivity index (χ3n) is 2.34. The van der Waals surface area contributed by atoms with Gasteiger partial charge in [0.1, 0.15) is 5.82 Å². The SMILES string of the molecule is COC(=O)C[C@H](N)c1ccc(C(F)(F)F)cc1F.Cl. The molecule has 1 aromatic rings. The van der Waals surface area contributed by atoms with Crippen LogP contribution in [0.25, 0.3) is 0 Å². The van der Waals surface area contributed by atoms with Gasteiger partial charge in [-0.2, -0.15) is 13.2 Å². The maximum Gasteiger partial charge on any atom is 0.416 e. The van der Waals surface area contributed by atoms with Crippen molar-refractivity contribution in [3.05, 3.63) is 35.1 Å². The Kier molecular flexibility index (Phi) is 6.24. The minimum atomic E-state index is -4.62. The van der Waals surface area contributed by atoms with Crippen molar-refractivity contribution in [2.45, 2.75) is 18.6 Å². The van der Waals surface area contributed by atoms with Crippen molar-refractivity contribution in [3.63, 3.8) is 0 Å². The maximum atomic E-state index is 13.5. The van der Waals surface area contributed by atoms with Crippen LogP contribution >= 0.6 is 12.4 Å². The van der Waals surface area contributed by atoms with E-state index in [4.69, 9.17) is 5.73 Å². The largest absolute Gasteiger partial charge is 0.469 e. The minimum absolute atomic E-state index is 0. The van der Waals surface area contributed by atoms with E-state index >= 15 is 0 Å². The summed E-state index contributed by atoms with van der Waals surface area (Å²) >= 11 is 0. The van der Waals surface area contributed by atoms with Gasteiger partial charge in [-0.3, -0.25) is 4.79 Å². The van der Waals surface area contributed by atoms with Gasteiger partial charge in [0, 0.05) is 11.6 Å². The highest BCUT2D eigenvalue weighted by Crippen LogP contribution is 2.31. The lowest BCUT2D eigenvalue weighted by molar-refractivity contribution is -0.141. The first-order valence-electron chi connectivity index (χ1n) is 4.94. The zero-order chi connectivity index (χ0) is 13.9. The number of ether oxygens (including phenoxy) is 1. The zero-order valence-electron chi connectivity index (χ0n) is 9.83. The average Bonchev–Trinajstić information content (AvgIpc) is 2.27. The highest BCUT2D eigenvalue weighted by Gasteiger charge is 2.31. The molecular formula is C11H12ClF4NO2. The Bertz CT molecular complexity index is 451. The Morgan fingerprint density at radius 1 is 1.42 bits per heavy atom. The van der Waals surface area contributed by atoms with Gasteiger partial charge in [0.05, 0.1) is 19.1 Å². The molecule has 0 aliphatic heterocycles. The van der Waals surface area contributed by atoms with Crippen LogP contribution in [-0.4, -0.2) is 13.1 Å². The van der Waals surface area contributed by atoms with Crippen LogP contribution < -0.4 is 5.73 Å². The smallest absolute Gasteiger partial charge is 0.416 e. The van der Waals surface area contributed by atoms with Crippen molar-refractivity contribution in [1.82, 2.24) is 0 Å². The monoisotopic (exact) mass is 301 g/mol. The molecule has 0 saturated carbocycles. The molecule has 1 aromatic carbocycles. The van der Waals surface area contributed by atoms with E-state index in [0.29, 0.717) is 6.07 Å². The van der Waals surface area contributed by atoms with Crippen molar-refractivity contribution in [2.75, 3.05) is 7.11 Å². The van der Waals surface area contributed by atoms with Crippen LogP contribution in [-0.2, 0) is 15.7 Å². The Morgan fingerprint density at radius 2 is 2.00 bits per heavy atom. The number of methoxy groups -OCH3 is 1. The van der Waals surface area contributed by atoms with Crippen molar-refractivity contribution in [1.29, 1.82) is 0 Å². The third-order valence-corrected chi connectivity index (χ3v) is 2.34. The lowest BCUT2D eigenvalue weighted by atomic mass is 10.0. The van der Waals surface area contributed by atoms with Gasteiger partial charge in [-0.15, -0.1) is 12.4 Å². The molecule has 1 atom stereocenters. The van der Waals surface area contributed by atoms with Crippen molar-refractivity contribution >= 4 is 18.4 Å². The molecule has 2 N–H and O–H groups in total. The molecule has 0 unspecified atom stereocenters. The lowest BCUT2D eigenvalue weighted by Gasteiger charge is -2.13. The molecule has 0 aliphatic carbocycles. The summed E-state index contributed by atoms with van der Waals surface area (Å²) in [5.41, 5.74) is 4.25. The molecule has 0 radical (unpaired) electrons. The van der Waals surface area contributed by atoms with Crippen LogP contribution in [0.4, 0.5) is 17.6 Å². The molecule has 0 amide bonds. The molecule has 0 bridgehead atoms. The number of carbonyl (C=O) groups excluding carboxylic acids is 1. The molecule has 0 aliphatic rings. The van der Waals surface area contributed by atoms with Gasteiger partial charge in [0.2, 0.25) is 0 Å². The molecule has 1 rings (SSSR count). The maximum absolute atomic E-state index is 13.5. The summed E-state index contributed by atoms with van der Waals surface area (Å²) in [6, 6.07) is 0.952. The van der Waals surface area contributed by atoms with Crippen LogP contribution in [0.1, 0.15) is 23.6 Å². The van der Waals surface area contributed by atoms with E-state index in [2.05, 4.69) is 4.74 Å². The number of hydrogen-bond acceptors (Lipinski definition) is 3. The molecule has 3 nitrogen and oxygen atoms in total. The fourth-order valence-corrected chi connectivity index (χ4v) is 1.38. The number of alkyl halides is 3. The molecule has 8 heteroatoms. The second kappa shape index (κ2) is 6.72. The van der Waals surface area contributed by atoms with E-state index in [1.807, 2.05) is 0 Å². The molecule has 108 valence electrons. The Balaban J connectivity index is 0.00000324. The van der Waals surface area contributed by atoms with Crippen LogP contribution in [0, 0.1) is 5.82 Å². The van der Waals surface area contributed by atoms with Crippen LogP contribution in [0.3, 0.4) is 0 Å². The van der Waals surface area contributed by atoms with Gasteiger partial charge in [0.25, 0.3) is 0 Å². The van der Waals surface area contributed by atoms with E-state index < -0.39 is 29.6 Å². The molecule has 0 fully saturated rings. The van der Waals surface area contributed by atoms with E-state index in [0.717, 1.165) is 19.2 Å². The van der Waals surface area contributed by atoms with Crippen molar-refractivity contribution in [3.8, 4) is 0 Å². The average molecular weight is 302 g/mol. The summed E-state index contributed by atoms with van der Waals surface area (Å²) in [6.07, 6.45) is -4.93. The molecule has 0 spiro atoms. The Labute approximate surface area is 113 Å². The standard InChI is InChI=1S/C11H11F4NO2.ClH/c1-18-10(17)5-9(16)7-3-2-6(4-8(7)12)11(13,14)15;/h2-4,9H,5,16H2,1H3;1H/t9-;/m0./s1. The number of hydrogen-bond donors (Lipinski definition) is 1. The first-order valence-corrected chi connectivity index (χ1v) is 4.94. The van der Waals surface area contributed by atoms with Gasteiger partial charge in [-0.25, -0.2) is 4.39 Å². The summed E-state index contributed by atoms with van der Waals surface area (Å²) in [5.74, 6) is -1.76. The molecule has 0 aromatic heterocycles. The zero-order valence-corrected chi connectivity index (χ0v) is 10.6. The first kappa shape index (κ1) is 17.7. The quantitative estimate of drug-likeness (QED) is 0.690. The van der Waals surface area contributed by atoms with E-state index in [1.54, 1.807) is 0 Å². The number of esters is 1. The highest BCUT2D eigenvalue weighted by atomic mass is 35.5. The molecule has 19 heavy (non-hydrogen) atoms. The highest BCUT2D eigenvalue weighted by molar-refractivity contribution is 5.85.